The van der Waals surface area contributed by atoms with Crippen LogP contribution in [0.25, 0.3) is 76.9 Å². The molecule has 0 aliphatic carbocycles. The van der Waals surface area contributed by atoms with Gasteiger partial charge < -0.3 is 13.7 Å². The Morgan fingerprint density at radius 1 is 0.327 bits per heavy atom. The number of nitrogens with zero attached hydrogens (tertiary/aromatic N) is 1. The molecule has 0 saturated heterocycles. The summed E-state index contributed by atoms with van der Waals surface area (Å²) in [6.45, 7) is 0. The van der Waals surface area contributed by atoms with Crippen molar-refractivity contribution in [3.8, 4) is 22.3 Å². The highest BCUT2D eigenvalue weighted by molar-refractivity contribution is 6.17. The lowest BCUT2D eigenvalue weighted by molar-refractivity contribution is 0.669. The maximum atomic E-state index is 6.66. The van der Waals surface area contributed by atoms with Crippen LogP contribution in [-0.2, 0) is 0 Å². The summed E-state index contributed by atoms with van der Waals surface area (Å²) in [5.41, 5.74) is 11.3. The fraction of sp³-hybridized carbons (Fsp3) is 0. The quantitative estimate of drug-likeness (QED) is 0.190. The predicted molar refractivity (Wildman–Crippen MR) is 204 cm³/mol. The zero-order valence-corrected chi connectivity index (χ0v) is 26.5. The largest absolute Gasteiger partial charge is 0.456 e. The summed E-state index contributed by atoms with van der Waals surface area (Å²) in [6.07, 6.45) is 0. The van der Waals surface area contributed by atoms with E-state index >= 15 is 0 Å². The Bertz CT molecular complexity index is 2810. The first kappa shape index (κ1) is 27.5. The Balaban J connectivity index is 1.09. The van der Waals surface area contributed by atoms with Gasteiger partial charge in [0, 0.05) is 55.6 Å². The summed E-state index contributed by atoms with van der Waals surface area (Å²) in [5, 5.41) is 6.81. The van der Waals surface area contributed by atoms with Crippen LogP contribution in [0.1, 0.15) is 0 Å². The predicted octanol–water partition coefficient (Wildman–Crippen LogP) is 13.4. The molecule has 0 N–H and O–H groups in total. The van der Waals surface area contributed by atoms with Crippen LogP contribution in [0.2, 0.25) is 0 Å². The highest BCUT2D eigenvalue weighted by Crippen LogP contribution is 2.42. The maximum Gasteiger partial charge on any atom is 0.143 e. The fourth-order valence-electron chi connectivity index (χ4n) is 7.28. The summed E-state index contributed by atoms with van der Waals surface area (Å²) < 4.78 is 13.0. The topological polar surface area (TPSA) is 29.5 Å². The van der Waals surface area contributed by atoms with Crippen LogP contribution in [0.5, 0.6) is 0 Å². The first-order valence-corrected chi connectivity index (χ1v) is 16.6. The summed E-state index contributed by atoms with van der Waals surface area (Å²) in [4.78, 5) is 2.29. The number of para-hydroxylation sites is 2. The van der Waals surface area contributed by atoms with Gasteiger partial charge >= 0.3 is 0 Å². The van der Waals surface area contributed by atoms with E-state index < -0.39 is 0 Å². The minimum absolute atomic E-state index is 0.866. The number of benzene rings is 8. The molecule has 0 spiro atoms. The van der Waals surface area contributed by atoms with Crippen molar-refractivity contribution in [2.24, 2.45) is 0 Å². The molecule has 0 fully saturated rings. The van der Waals surface area contributed by atoms with E-state index in [2.05, 4.69) is 163 Å². The molecule has 0 aliphatic heterocycles. The Morgan fingerprint density at radius 3 is 1.73 bits per heavy atom. The van der Waals surface area contributed by atoms with E-state index in [4.69, 9.17) is 8.83 Å². The van der Waals surface area contributed by atoms with E-state index in [0.29, 0.717) is 0 Å². The molecule has 0 bridgehead atoms. The molecular weight excluding hydrogens is 599 g/mol. The van der Waals surface area contributed by atoms with Crippen LogP contribution in [0.3, 0.4) is 0 Å². The second-order valence-electron chi connectivity index (χ2n) is 12.5. The highest BCUT2D eigenvalue weighted by Gasteiger charge is 2.18. The number of fused-ring (bicyclic) bond motifs is 8. The number of rotatable bonds is 5. The molecule has 10 aromatic rings. The average Bonchev–Trinajstić information content (AvgIpc) is 3.74. The summed E-state index contributed by atoms with van der Waals surface area (Å²) >= 11 is 0. The molecule has 2 heterocycles. The molecule has 0 atom stereocenters. The lowest BCUT2D eigenvalue weighted by atomic mass is 10.0. The van der Waals surface area contributed by atoms with E-state index in [1.165, 1.54) is 16.5 Å². The zero-order valence-electron chi connectivity index (χ0n) is 26.5. The molecule has 49 heavy (non-hydrogen) atoms. The van der Waals surface area contributed by atoms with Crippen molar-refractivity contribution in [2.75, 3.05) is 4.90 Å². The molecule has 0 unspecified atom stereocenters. The molecule has 3 heteroatoms. The minimum Gasteiger partial charge on any atom is -0.456 e. The van der Waals surface area contributed by atoms with Crippen molar-refractivity contribution < 1.29 is 8.83 Å². The van der Waals surface area contributed by atoms with E-state index in [0.717, 1.165) is 77.5 Å². The van der Waals surface area contributed by atoms with Gasteiger partial charge in [0.2, 0.25) is 0 Å². The van der Waals surface area contributed by atoms with Crippen LogP contribution in [0.4, 0.5) is 17.1 Å². The zero-order chi connectivity index (χ0) is 32.3. The van der Waals surface area contributed by atoms with Gasteiger partial charge in [0.1, 0.15) is 22.3 Å². The Morgan fingerprint density at radius 2 is 0.918 bits per heavy atom. The Labute approximate surface area is 282 Å². The first-order chi connectivity index (χ1) is 24.3. The number of hydrogen-bond donors (Lipinski definition) is 0. The smallest absolute Gasteiger partial charge is 0.143 e. The minimum atomic E-state index is 0.866. The van der Waals surface area contributed by atoms with E-state index in [-0.39, 0.29) is 0 Å². The Kier molecular flexibility index (Phi) is 6.18. The van der Waals surface area contributed by atoms with Gasteiger partial charge in [-0.25, -0.2) is 0 Å². The Hall–Kier alpha value is -6.58. The molecule has 230 valence electrons. The molecule has 0 amide bonds. The van der Waals surface area contributed by atoms with Gasteiger partial charge in [-0.1, -0.05) is 121 Å². The molecule has 10 rings (SSSR count). The summed E-state index contributed by atoms with van der Waals surface area (Å²) in [7, 11) is 0. The van der Waals surface area contributed by atoms with Gasteiger partial charge in [0.05, 0.1) is 0 Å². The van der Waals surface area contributed by atoms with Crippen LogP contribution in [0, 0.1) is 0 Å². The van der Waals surface area contributed by atoms with Crippen molar-refractivity contribution in [3.05, 3.63) is 176 Å². The third kappa shape index (κ3) is 4.51. The second kappa shape index (κ2) is 11.0. The van der Waals surface area contributed by atoms with E-state index in [1.807, 2.05) is 18.2 Å². The van der Waals surface area contributed by atoms with Crippen LogP contribution in [0.15, 0.2) is 185 Å². The van der Waals surface area contributed by atoms with Gasteiger partial charge in [-0.2, -0.15) is 0 Å². The highest BCUT2D eigenvalue weighted by atomic mass is 16.3. The number of hydrogen-bond acceptors (Lipinski definition) is 3. The van der Waals surface area contributed by atoms with Crippen molar-refractivity contribution in [1.82, 2.24) is 0 Å². The number of furan rings is 2. The molecule has 2 aromatic heterocycles. The summed E-state index contributed by atoms with van der Waals surface area (Å²) in [6, 6.07) is 62.0. The van der Waals surface area contributed by atoms with Gasteiger partial charge in [-0.3, -0.25) is 0 Å². The van der Waals surface area contributed by atoms with Crippen molar-refractivity contribution in [3.63, 3.8) is 0 Å². The second-order valence-corrected chi connectivity index (χ2v) is 12.5. The van der Waals surface area contributed by atoms with Gasteiger partial charge in [-0.15, -0.1) is 0 Å². The molecular formula is C46H29NO2. The third-order valence-electron chi connectivity index (χ3n) is 9.68. The number of anilines is 3. The van der Waals surface area contributed by atoms with E-state index in [1.54, 1.807) is 0 Å². The first-order valence-electron chi connectivity index (χ1n) is 16.6. The summed E-state index contributed by atoms with van der Waals surface area (Å²) in [5.74, 6) is 0. The maximum absolute atomic E-state index is 6.66. The van der Waals surface area contributed by atoms with Crippen LogP contribution < -0.4 is 4.90 Å². The monoisotopic (exact) mass is 627 g/mol. The average molecular weight is 628 g/mol. The standard InChI is InChI=1S/C46H29NO2/c1-2-9-30(10-3-1)31-17-22-34(23-18-31)47(36-26-28-40-39-13-6-7-16-43(39)48-44(40)29-36)35-24-19-33(20-25-35)38-14-8-15-41-42-27-21-32-11-4-5-12-37(32)46(42)49-45(38)41/h1-29H. The van der Waals surface area contributed by atoms with Crippen molar-refractivity contribution in [2.45, 2.75) is 0 Å². The molecule has 3 nitrogen and oxygen atoms in total. The lowest BCUT2D eigenvalue weighted by Crippen LogP contribution is -2.09. The van der Waals surface area contributed by atoms with Gasteiger partial charge in [0.25, 0.3) is 0 Å². The normalized spacial score (nSPS) is 11.7. The van der Waals surface area contributed by atoms with Crippen molar-refractivity contribution in [1.29, 1.82) is 0 Å². The third-order valence-corrected chi connectivity index (χ3v) is 9.68. The molecule has 8 aromatic carbocycles. The van der Waals surface area contributed by atoms with Crippen LogP contribution in [-0.4, -0.2) is 0 Å². The fourth-order valence-corrected chi connectivity index (χ4v) is 7.28. The molecule has 0 radical (unpaired) electrons. The van der Waals surface area contributed by atoms with Gasteiger partial charge in [0.15, 0.2) is 0 Å². The SMILES string of the molecule is c1ccc(-c2ccc(N(c3ccc(-c4cccc5c4oc4c6ccccc6ccc54)cc3)c3ccc4c(c3)oc3ccccc34)cc2)cc1. The molecule has 0 saturated carbocycles. The van der Waals surface area contributed by atoms with E-state index in [9.17, 15) is 0 Å². The van der Waals surface area contributed by atoms with Crippen LogP contribution >= 0.6 is 0 Å². The molecule has 0 aliphatic rings. The van der Waals surface area contributed by atoms with Crippen molar-refractivity contribution >= 4 is 71.7 Å². The van der Waals surface area contributed by atoms with Gasteiger partial charge in [-0.05, 0) is 70.6 Å². The lowest BCUT2D eigenvalue weighted by Gasteiger charge is -2.26.